The van der Waals surface area contributed by atoms with E-state index in [9.17, 15) is 0 Å². The van der Waals surface area contributed by atoms with Gasteiger partial charge >= 0.3 is 0 Å². The van der Waals surface area contributed by atoms with Gasteiger partial charge in [-0.15, -0.1) is 0 Å². The fraction of sp³-hybridized carbons (Fsp3) is 0.318. The molecule has 1 saturated heterocycles. The van der Waals surface area contributed by atoms with Gasteiger partial charge in [0.15, 0.2) is 11.8 Å². The molecule has 1 N–H and O–H groups in total. The van der Waals surface area contributed by atoms with E-state index in [-0.39, 0.29) is 6.10 Å². The van der Waals surface area contributed by atoms with Gasteiger partial charge in [-0.05, 0) is 41.8 Å². The number of nitrogens with zero attached hydrogens (tertiary/aromatic N) is 5. The van der Waals surface area contributed by atoms with Crippen LogP contribution in [0.2, 0.25) is 0 Å². The van der Waals surface area contributed by atoms with E-state index in [4.69, 9.17) is 4.74 Å². The van der Waals surface area contributed by atoms with Crippen LogP contribution in [0.25, 0.3) is 5.82 Å². The van der Waals surface area contributed by atoms with Crippen molar-refractivity contribution in [2.45, 2.75) is 19.6 Å². The quantitative estimate of drug-likeness (QED) is 0.548. The lowest BCUT2D eigenvalue weighted by molar-refractivity contribution is -0.00833. The third kappa shape index (κ3) is 4.46. The average molecular weight is 390 g/mol. The lowest BCUT2D eigenvalue weighted by Gasteiger charge is -2.35. The second kappa shape index (κ2) is 8.87. The Kier molecular flexibility index (Phi) is 5.86. The normalized spacial score (nSPS) is 17.4. The highest BCUT2D eigenvalue weighted by molar-refractivity contribution is 5.80. The van der Waals surface area contributed by atoms with Crippen molar-refractivity contribution in [2.24, 2.45) is 4.99 Å². The number of morpholine rings is 1. The molecule has 29 heavy (non-hydrogen) atoms. The average Bonchev–Trinajstić information content (AvgIpc) is 3.30. The summed E-state index contributed by atoms with van der Waals surface area (Å²) in [6.45, 7) is 5.07. The van der Waals surface area contributed by atoms with E-state index in [2.05, 4.69) is 56.5 Å². The molecule has 7 heteroatoms. The number of aliphatic imine (C=N–C) groups is 1. The number of pyridine rings is 1. The molecule has 1 aliphatic heterocycles. The van der Waals surface area contributed by atoms with E-state index in [0.29, 0.717) is 13.2 Å². The zero-order chi connectivity index (χ0) is 20.1. The topological polar surface area (TPSA) is 67.6 Å². The molecule has 0 spiro atoms. The number of ether oxygens (including phenoxy) is 1. The van der Waals surface area contributed by atoms with Crippen LogP contribution < -0.4 is 5.32 Å². The van der Waals surface area contributed by atoms with E-state index < -0.39 is 0 Å². The molecule has 0 aliphatic carbocycles. The molecule has 3 heterocycles. The number of aryl methyl sites for hydroxylation is 1. The van der Waals surface area contributed by atoms with Crippen LogP contribution in [-0.2, 0) is 11.3 Å². The van der Waals surface area contributed by atoms with E-state index >= 15 is 0 Å². The Morgan fingerprint density at radius 2 is 2.14 bits per heavy atom. The van der Waals surface area contributed by atoms with Gasteiger partial charge in [-0.25, -0.2) is 9.67 Å². The summed E-state index contributed by atoms with van der Waals surface area (Å²) in [6.07, 6.45) is 5.49. The van der Waals surface area contributed by atoms with Crippen LogP contribution in [0.4, 0.5) is 0 Å². The molecular formula is C22H26N6O. The number of aromatic nitrogens is 3. The number of nitrogens with one attached hydrogen (secondary N) is 1. The van der Waals surface area contributed by atoms with E-state index in [1.807, 2.05) is 31.4 Å². The van der Waals surface area contributed by atoms with Crippen LogP contribution in [0.5, 0.6) is 0 Å². The third-order valence-electron chi connectivity index (χ3n) is 5.11. The Labute approximate surface area is 171 Å². The van der Waals surface area contributed by atoms with E-state index in [1.165, 1.54) is 11.1 Å². The zero-order valence-corrected chi connectivity index (χ0v) is 16.8. The maximum absolute atomic E-state index is 6.05. The van der Waals surface area contributed by atoms with Gasteiger partial charge in [-0.2, -0.15) is 5.10 Å². The predicted molar refractivity (Wildman–Crippen MR) is 113 cm³/mol. The van der Waals surface area contributed by atoms with Crippen molar-refractivity contribution in [3.8, 4) is 5.82 Å². The number of hydrogen-bond donors (Lipinski definition) is 1. The summed E-state index contributed by atoms with van der Waals surface area (Å²) in [5.41, 5.74) is 3.62. The van der Waals surface area contributed by atoms with Crippen LogP contribution in [0.3, 0.4) is 0 Å². The minimum absolute atomic E-state index is 0.0517. The third-order valence-corrected chi connectivity index (χ3v) is 5.11. The van der Waals surface area contributed by atoms with Crippen molar-refractivity contribution in [3.05, 3.63) is 77.7 Å². The molecule has 0 bridgehead atoms. The molecule has 0 saturated carbocycles. The van der Waals surface area contributed by atoms with Crippen LogP contribution in [0.15, 0.2) is 66.0 Å². The molecule has 7 nitrogen and oxygen atoms in total. The number of hydrogen-bond acceptors (Lipinski definition) is 4. The summed E-state index contributed by atoms with van der Waals surface area (Å²) in [7, 11) is 1.82. The van der Waals surface area contributed by atoms with E-state index in [0.717, 1.165) is 30.4 Å². The lowest BCUT2D eigenvalue weighted by Crippen LogP contribution is -2.48. The van der Waals surface area contributed by atoms with Crippen molar-refractivity contribution in [2.75, 3.05) is 26.7 Å². The molecule has 1 fully saturated rings. The Morgan fingerprint density at radius 3 is 2.93 bits per heavy atom. The highest BCUT2D eigenvalue weighted by atomic mass is 16.5. The van der Waals surface area contributed by atoms with Gasteiger partial charge in [-0.3, -0.25) is 4.99 Å². The smallest absolute Gasteiger partial charge is 0.194 e. The molecule has 1 unspecified atom stereocenters. The zero-order valence-electron chi connectivity index (χ0n) is 16.8. The molecule has 1 aliphatic rings. The minimum atomic E-state index is 0.0517. The van der Waals surface area contributed by atoms with Gasteiger partial charge in [0.1, 0.15) is 6.10 Å². The highest BCUT2D eigenvalue weighted by Gasteiger charge is 2.25. The summed E-state index contributed by atoms with van der Waals surface area (Å²) < 4.78 is 7.80. The predicted octanol–water partition coefficient (Wildman–Crippen LogP) is 2.72. The lowest BCUT2D eigenvalue weighted by atomic mass is 10.0. The molecule has 1 aromatic carbocycles. The fourth-order valence-corrected chi connectivity index (χ4v) is 3.59. The summed E-state index contributed by atoms with van der Waals surface area (Å²) in [5, 5.41) is 7.72. The Hall–Kier alpha value is -3.19. The van der Waals surface area contributed by atoms with Crippen molar-refractivity contribution >= 4 is 5.96 Å². The maximum Gasteiger partial charge on any atom is 0.194 e. The van der Waals surface area contributed by atoms with Gasteiger partial charge in [0.05, 0.1) is 13.2 Å². The van der Waals surface area contributed by atoms with Gasteiger partial charge in [0.25, 0.3) is 0 Å². The molecule has 2 aromatic heterocycles. The minimum Gasteiger partial charge on any atom is -0.370 e. The largest absolute Gasteiger partial charge is 0.370 e. The Bertz CT molecular complexity index is 969. The first kappa shape index (κ1) is 19.1. The number of guanidine groups is 1. The summed E-state index contributed by atoms with van der Waals surface area (Å²) in [5.74, 6) is 1.68. The summed E-state index contributed by atoms with van der Waals surface area (Å²) in [4.78, 5) is 11.1. The van der Waals surface area contributed by atoms with Gasteiger partial charge in [0, 0.05) is 38.7 Å². The van der Waals surface area contributed by atoms with Gasteiger partial charge in [-0.1, -0.05) is 24.3 Å². The Balaban J connectivity index is 1.42. The molecular weight excluding hydrogens is 364 g/mol. The Morgan fingerprint density at radius 1 is 1.24 bits per heavy atom. The van der Waals surface area contributed by atoms with Crippen molar-refractivity contribution in [3.63, 3.8) is 0 Å². The van der Waals surface area contributed by atoms with Crippen LogP contribution in [-0.4, -0.2) is 52.4 Å². The first-order valence-corrected chi connectivity index (χ1v) is 9.82. The number of benzene rings is 1. The molecule has 1 atom stereocenters. The molecule has 0 amide bonds. The molecule has 150 valence electrons. The fourth-order valence-electron chi connectivity index (χ4n) is 3.59. The van der Waals surface area contributed by atoms with Crippen molar-refractivity contribution in [1.82, 2.24) is 25.0 Å². The van der Waals surface area contributed by atoms with Gasteiger partial charge < -0.3 is 15.0 Å². The second-order valence-electron chi connectivity index (χ2n) is 7.04. The summed E-state index contributed by atoms with van der Waals surface area (Å²) in [6, 6.07) is 14.3. The first-order valence-electron chi connectivity index (χ1n) is 9.82. The molecule has 0 radical (unpaired) electrons. The van der Waals surface area contributed by atoms with Crippen molar-refractivity contribution < 1.29 is 4.74 Å². The monoisotopic (exact) mass is 390 g/mol. The van der Waals surface area contributed by atoms with Crippen LogP contribution in [0.1, 0.15) is 22.8 Å². The maximum atomic E-state index is 6.05. The highest BCUT2D eigenvalue weighted by Crippen LogP contribution is 2.25. The summed E-state index contributed by atoms with van der Waals surface area (Å²) >= 11 is 0. The van der Waals surface area contributed by atoms with Crippen LogP contribution in [0, 0.1) is 6.92 Å². The molecule has 4 rings (SSSR count). The van der Waals surface area contributed by atoms with Gasteiger partial charge in [0.2, 0.25) is 0 Å². The number of rotatable bonds is 4. The first-order chi connectivity index (χ1) is 14.2. The SMILES string of the molecule is CN=C(NCc1ccnc(-n2cccn2)c1)N1CCOC(c2ccccc2C)C1. The van der Waals surface area contributed by atoms with Crippen LogP contribution >= 0.6 is 0 Å². The molecule has 3 aromatic rings. The van der Waals surface area contributed by atoms with Crippen molar-refractivity contribution in [1.29, 1.82) is 0 Å². The van der Waals surface area contributed by atoms with E-state index in [1.54, 1.807) is 17.1 Å². The second-order valence-corrected chi connectivity index (χ2v) is 7.04. The standard InChI is InChI=1S/C22H26N6O/c1-17-6-3-4-7-19(17)20-16-27(12-13-29-20)22(23-2)25-15-18-8-10-24-21(14-18)28-11-5-9-26-28/h3-11,14,20H,12-13,15-16H2,1-2H3,(H,23,25).